The summed E-state index contributed by atoms with van der Waals surface area (Å²) >= 11 is 0. The lowest BCUT2D eigenvalue weighted by Crippen LogP contribution is -2.15. The Labute approximate surface area is 92.0 Å². The van der Waals surface area contributed by atoms with Crippen LogP contribution in [-0.4, -0.2) is 18.2 Å². The van der Waals surface area contributed by atoms with E-state index in [0.717, 1.165) is 5.56 Å². The van der Waals surface area contributed by atoms with Crippen LogP contribution in [0.4, 0.5) is 0 Å². The predicted molar refractivity (Wildman–Crippen MR) is 58.8 cm³/mol. The Hall–Kier alpha value is -2.16. The van der Waals surface area contributed by atoms with Crippen LogP contribution in [0.5, 0.6) is 5.75 Å². The van der Waals surface area contributed by atoms with Gasteiger partial charge in [0, 0.05) is 11.1 Å². The number of ether oxygens (including phenoxy) is 1. The first-order valence-corrected chi connectivity index (χ1v) is 5.00. The van der Waals surface area contributed by atoms with Gasteiger partial charge in [-0.05, 0) is 24.3 Å². The number of rotatable bonds is 0. The number of hydrogen-bond donors (Lipinski definition) is 0. The fourth-order valence-corrected chi connectivity index (χ4v) is 1.97. The summed E-state index contributed by atoms with van der Waals surface area (Å²) < 4.78 is 5.45. The largest absolute Gasteiger partial charge is 0.488 e. The Kier molecular flexibility index (Phi) is 1.80. The van der Waals surface area contributed by atoms with Gasteiger partial charge < -0.3 is 4.74 Å². The molecule has 0 amide bonds. The van der Waals surface area contributed by atoms with Crippen LogP contribution in [0, 0.1) is 0 Å². The van der Waals surface area contributed by atoms with E-state index in [0.29, 0.717) is 23.5 Å². The van der Waals surface area contributed by atoms with Crippen LogP contribution in [0.25, 0.3) is 6.08 Å². The maximum absolute atomic E-state index is 11.8. The number of fused-ring (bicyclic) bond motifs is 3. The lowest BCUT2D eigenvalue weighted by atomic mass is 9.91. The van der Waals surface area contributed by atoms with E-state index < -0.39 is 0 Å². The number of allylic oxidation sites excluding steroid dienone is 2. The molecule has 0 spiro atoms. The molecule has 3 rings (SSSR count). The highest BCUT2D eigenvalue weighted by molar-refractivity contribution is 6.23. The van der Waals surface area contributed by atoms with Crippen molar-refractivity contribution in [2.24, 2.45) is 0 Å². The summed E-state index contributed by atoms with van der Waals surface area (Å²) in [6, 6.07) is 3.48. The van der Waals surface area contributed by atoms with Gasteiger partial charge in [0.25, 0.3) is 0 Å². The molecule has 1 aromatic rings. The normalized spacial score (nSPS) is 16.8. The second-order valence-electron chi connectivity index (χ2n) is 3.68. The number of carbonyl (C=O) groups is 2. The molecule has 0 aromatic heterocycles. The minimum atomic E-state index is -0.165. The summed E-state index contributed by atoms with van der Waals surface area (Å²) in [7, 11) is 0. The fraction of sp³-hybridized carbons (Fsp3) is 0.0769. The molecule has 2 aliphatic rings. The van der Waals surface area contributed by atoms with E-state index in [1.807, 2.05) is 12.2 Å². The van der Waals surface area contributed by atoms with Gasteiger partial charge in [-0.1, -0.05) is 12.1 Å². The average molecular weight is 212 g/mol. The lowest BCUT2D eigenvalue weighted by molar-refractivity contribution is 0.0991. The molecule has 0 saturated carbocycles. The van der Waals surface area contributed by atoms with Crippen LogP contribution in [0.1, 0.15) is 26.3 Å². The zero-order valence-corrected chi connectivity index (χ0v) is 8.40. The number of ketones is 2. The average Bonchev–Trinajstić information content (AvgIpc) is 2.33. The van der Waals surface area contributed by atoms with Crippen molar-refractivity contribution in [2.75, 3.05) is 6.61 Å². The van der Waals surface area contributed by atoms with Gasteiger partial charge in [0.2, 0.25) is 0 Å². The molecule has 0 atom stereocenters. The first-order valence-electron chi connectivity index (χ1n) is 5.00. The molecule has 0 saturated heterocycles. The van der Waals surface area contributed by atoms with E-state index in [4.69, 9.17) is 4.74 Å². The monoisotopic (exact) mass is 212 g/mol. The SMILES string of the molecule is O=C1C=CC(=O)c2c1ccc1c2OCC=C1. The summed E-state index contributed by atoms with van der Waals surface area (Å²) in [5, 5.41) is 0. The summed E-state index contributed by atoms with van der Waals surface area (Å²) in [5.41, 5.74) is 1.68. The molecule has 3 nitrogen and oxygen atoms in total. The van der Waals surface area contributed by atoms with Gasteiger partial charge in [0.05, 0.1) is 5.56 Å². The van der Waals surface area contributed by atoms with Gasteiger partial charge in [-0.15, -0.1) is 0 Å². The van der Waals surface area contributed by atoms with Crippen molar-refractivity contribution in [2.45, 2.75) is 0 Å². The molecule has 3 heteroatoms. The Morgan fingerprint density at radius 1 is 1.00 bits per heavy atom. The summed E-state index contributed by atoms with van der Waals surface area (Å²) in [6.45, 7) is 0.439. The predicted octanol–water partition coefficient (Wildman–Crippen LogP) is 2.03. The molecule has 0 bridgehead atoms. The van der Waals surface area contributed by atoms with E-state index in [1.54, 1.807) is 12.1 Å². The number of hydrogen-bond acceptors (Lipinski definition) is 3. The van der Waals surface area contributed by atoms with Crippen LogP contribution in [0.15, 0.2) is 30.4 Å². The Morgan fingerprint density at radius 3 is 2.69 bits per heavy atom. The highest BCUT2D eigenvalue weighted by Gasteiger charge is 2.25. The molecule has 0 unspecified atom stereocenters. The molecular weight excluding hydrogens is 204 g/mol. The van der Waals surface area contributed by atoms with E-state index in [9.17, 15) is 9.59 Å². The molecule has 1 aliphatic heterocycles. The first-order chi connectivity index (χ1) is 7.77. The first kappa shape index (κ1) is 9.09. The highest BCUT2D eigenvalue weighted by Crippen LogP contribution is 2.33. The molecular formula is C13H8O3. The van der Waals surface area contributed by atoms with Gasteiger partial charge in [-0.2, -0.15) is 0 Å². The lowest BCUT2D eigenvalue weighted by Gasteiger charge is -2.19. The minimum Gasteiger partial charge on any atom is -0.488 e. The zero-order chi connectivity index (χ0) is 11.1. The maximum atomic E-state index is 11.8. The van der Waals surface area contributed by atoms with Crippen molar-refractivity contribution in [1.82, 2.24) is 0 Å². The van der Waals surface area contributed by atoms with E-state index in [2.05, 4.69) is 0 Å². The standard InChI is InChI=1S/C13H8O3/c14-10-5-6-11(15)12-9(10)4-3-8-2-1-7-16-13(8)12/h1-6H,7H2. The van der Waals surface area contributed by atoms with E-state index in [-0.39, 0.29) is 11.6 Å². The minimum absolute atomic E-state index is 0.143. The summed E-state index contributed by atoms with van der Waals surface area (Å²) in [4.78, 5) is 23.4. The van der Waals surface area contributed by atoms with Gasteiger partial charge in [-0.3, -0.25) is 9.59 Å². The van der Waals surface area contributed by atoms with Crippen LogP contribution >= 0.6 is 0 Å². The van der Waals surface area contributed by atoms with Gasteiger partial charge in [0.1, 0.15) is 12.4 Å². The third-order valence-electron chi connectivity index (χ3n) is 2.71. The molecule has 0 radical (unpaired) electrons. The molecule has 1 aliphatic carbocycles. The van der Waals surface area contributed by atoms with E-state index in [1.165, 1.54) is 12.2 Å². The van der Waals surface area contributed by atoms with Gasteiger partial charge in [-0.25, -0.2) is 0 Å². The van der Waals surface area contributed by atoms with Crippen LogP contribution < -0.4 is 4.74 Å². The van der Waals surface area contributed by atoms with Gasteiger partial charge in [0.15, 0.2) is 11.6 Å². The highest BCUT2D eigenvalue weighted by atomic mass is 16.5. The zero-order valence-electron chi connectivity index (χ0n) is 8.40. The van der Waals surface area contributed by atoms with Crippen molar-refractivity contribution in [3.8, 4) is 5.75 Å². The molecule has 0 N–H and O–H groups in total. The Morgan fingerprint density at radius 2 is 1.81 bits per heavy atom. The van der Waals surface area contributed by atoms with Gasteiger partial charge >= 0.3 is 0 Å². The topological polar surface area (TPSA) is 43.4 Å². The van der Waals surface area contributed by atoms with Crippen LogP contribution in [-0.2, 0) is 0 Å². The summed E-state index contributed by atoms with van der Waals surface area (Å²) in [6.07, 6.45) is 6.37. The van der Waals surface area contributed by atoms with E-state index >= 15 is 0 Å². The van der Waals surface area contributed by atoms with Crippen LogP contribution in [0.2, 0.25) is 0 Å². The maximum Gasteiger partial charge on any atom is 0.190 e. The van der Waals surface area contributed by atoms with Crippen molar-refractivity contribution < 1.29 is 14.3 Å². The van der Waals surface area contributed by atoms with Crippen LogP contribution in [0.3, 0.4) is 0 Å². The third kappa shape index (κ3) is 1.15. The third-order valence-corrected chi connectivity index (χ3v) is 2.71. The number of carbonyl (C=O) groups excluding carboxylic acids is 2. The molecule has 16 heavy (non-hydrogen) atoms. The quantitative estimate of drug-likeness (QED) is 0.660. The Bertz CT molecular complexity index is 565. The second-order valence-corrected chi connectivity index (χ2v) is 3.68. The molecule has 0 fully saturated rings. The molecule has 1 heterocycles. The Balaban J connectivity index is 2.33. The smallest absolute Gasteiger partial charge is 0.190 e. The molecule has 1 aromatic carbocycles. The van der Waals surface area contributed by atoms with Crippen molar-refractivity contribution in [1.29, 1.82) is 0 Å². The second kappa shape index (κ2) is 3.17. The van der Waals surface area contributed by atoms with Crippen molar-refractivity contribution in [3.63, 3.8) is 0 Å². The van der Waals surface area contributed by atoms with Crippen molar-refractivity contribution in [3.05, 3.63) is 47.1 Å². The van der Waals surface area contributed by atoms with Crippen molar-refractivity contribution >= 4 is 17.6 Å². The molecule has 78 valence electrons. The number of benzene rings is 1. The summed E-state index contributed by atoms with van der Waals surface area (Å²) in [5.74, 6) is 0.222. The fourth-order valence-electron chi connectivity index (χ4n) is 1.97.